The van der Waals surface area contributed by atoms with Gasteiger partial charge in [0.05, 0.1) is 24.4 Å². The molecule has 184 valence electrons. The molecular formula is C29H28N2O5. The third kappa shape index (κ3) is 5.11. The van der Waals surface area contributed by atoms with Crippen LogP contribution in [0, 0.1) is 6.92 Å². The summed E-state index contributed by atoms with van der Waals surface area (Å²) in [7, 11) is 0. The van der Waals surface area contributed by atoms with E-state index in [1.165, 1.54) is 5.56 Å². The maximum Gasteiger partial charge on any atom is 0.303 e. The molecule has 0 fully saturated rings. The van der Waals surface area contributed by atoms with Crippen LogP contribution in [-0.4, -0.2) is 27.9 Å². The van der Waals surface area contributed by atoms with E-state index in [9.17, 15) is 4.79 Å². The van der Waals surface area contributed by atoms with E-state index in [2.05, 4.69) is 5.48 Å². The van der Waals surface area contributed by atoms with Gasteiger partial charge in [0.25, 0.3) is 0 Å². The number of fused-ring (bicyclic) bond motifs is 1. The predicted molar refractivity (Wildman–Crippen MR) is 136 cm³/mol. The second-order valence-electron chi connectivity index (χ2n) is 9.08. The van der Waals surface area contributed by atoms with E-state index in [1.807, 2.05) is 67.6 Å². The molecule has 0 aliphatic heterocycles. The molecule has 0 radical (unpaired) electrons. The predicted octanol–water partition coefficient (Wildman–Crippen LogP) is 6.24. The lowest BCUT2D eigenvalue weighted by Gasteiger charge is -2.10. The molecule has 0 saturated heterocycles. The molecule has 36 heavy (non-hydrogen) atoms. The fourth-order valence-corrected chi connectivity index (χ4v) is 4.82. The Bertz CT molecular complexity index is 1380. The maximum atomic E-state index is 11.1. The number of ether oxygens (including phenoxy) is 1. The van der Waals surface area contributed by atoms with Gasteiger partial charge in [-0.1, -0.05) is 30.3 Å². The molecular weight excluding hydrogens is 456 g/mol. The quantitative estimate of drug-likeness (QED) is 0.241. The number of carbonyl (C=O) groups is 1. The van der Waals surface area contributed by atoms with E-state index in [4.69, 9.17) is 24.5 Å². The fraction of sp³-hybridized carbons (Fsp3) is 0.241. The van der Waals surface area contributed by atoms with Crippen LogP contribution in [0.25, 0.3) is 22.6 Å². The van der Waals surface area contributed by atoms with Gasteiger partial charge in [-0.25, -0.2) is 4.98 Å². The number of oxazole rings is 1. The molecule has 1 atom stereocenters. The lowest BCUT2D eigenvalue weighted by molar-refractivity contribution is -0.137. The number of hydrogen-bond acceptors (Lipinski definition) is 6. The van der Waals surface area contributed by atoms with Crippen molar-refractivity contribution in [2.45, 2.75) is 38.5 Å². The summed E-state index contributed by atoms with van der Waals surface area (Å²) < 4.78 is 11.9. The first-order valence-electron chi connectivity index (χ1n) is 12.0. The zero-order chi connectivity index (χ0) is 25.1. The zero-order valence-corrected chi connectivity index (χ0v) is 20.0. The highest BCUT2D eigenvalue weighted by Crippen LogP contribution is 2.37. The van der Waals surface area contributed by atoms with Gasteiger partial charge in [0.1, 0.15) is 11.5 Å². The summed E-state index contributed by atoms with van der Waals surface area (Å²) in [5.41, 5.74) is 8.88. The summed E-state index contributed by atoms with van der Waals surface area (Å²) >= 11 is 0. The largest absolute Gasteiger partial charge is 0.493 e. The van der Waals surface area contributed by atoms with E-state index in [0.717, 1.165) is 52.3 Å². The number of anilines is 1. The smallest absolute Gasteiger partial charge is 0.303 e. The standard InChI is InChI=1S/C29H28N2O5/c1-18-27(13-14-35-25-11-12-26-22(16-25)9-10-23(26)17-28(32)33)30-29(36-18)20-7-5-19(6-8-20)21-3-2-4-24(15-21)31-34/h2-8,11-12,15-16,23,31,34H,9-10,13-14,17H2,1H3,(H,32,33)/t23-/m0/s1. The van der Waals surface area contributed by atoms with Crippen LogP contribution in [0.4, 0.5) is 5.69 Å². The molecule has 3 N–H and O–H groups in total. The number of aliphatic carboxylic acids is 1. The highest BCUT2D eigenvalue weighted by Gasteiger charge is 2.25. The molecule has 0 saturated carbocycles. The van der Waals surface area contributed by atoms with Crippen LogP contribution in [0.2, 0.25) is 0 Å². The summed E-state index contributed by atoms with van der Waals surface area (Å²) in [4.78, 5) is 15.8. The molecule has 1 aromatic heterocycles. The monoisotopic (exact) mass is 484 g/mol. The molecule has 4 aromatic rings. The van der Waals surface area contributed by atoms with Crippen molar-refractivity contribution >= 4 is 11.7 Å². The number of hydrogen-bond donors (Lipinski definition) is 3. The van der Waals surface area contributed by atoms with Gasteiger partial charge in [-0.2, -0.15) is 0 Å². The first kappa shape index (κ1) is 23.6. The van der Waals surface area contributed by atoms with Crippen molar-refractivity contribution in [2.24, 2.45) is 0 Å². The van der Waals surface area contributed by atoms with E-state index < -0.39 is 5.97 Å². The summed E-state index contributed by atoms with van der Waals surface area (Å²) in [6.07, 6.45) is 2.56. The number of nitrogens with zero attached hydrogens (tertiary/aromatic N) is 1. The fourth-order valence-electron chi connectivity index (χ4n) is 4.82. The van der Waals surface area contributed by atoms with Gasteiger partial charge in [0, 0.05) is 12.0 Å². The van der Waals surface area contributed by atoms with Gasteiger partial charge in [0.15, 0.2) is 0 Å². The van der Waals surface area contributed by atoms with Gasteiger partial charge in [-0.05, 0) is 84.3 Å². The Balaban J connectivity index is 1.21. The van der Waals surface area contributed by atoms with Crippen LogP contribution < -0.4 is 10.2 Å². The molecule has 0 bridgehead atoms. The van der Waals surface area contributed by atoms with Crippen LogP contribution in [0.3, 0.4) is 0 Å². The Morgan fingerprint density at radius 2 is 1.89 bits per heavy atom. The van der Waals surface area contributed by atoms with Crippen molar-refractivity contribution < 1.29 is 24.3 Å². The summed E-state index contributed by atoms with van der Waals surface area (Å²) in [5.74, 6) is 1.48. The minimum Gasteiger partial charge on any atom is -0.493 e. The van der Waals surface area contributed by atoms with Crippen LogP contribution in [0.5, 0.6) is 5.75 Å². The number of aryl methyl sites for hydroxylation is 2. The molecule has 5 rings (SSSR count). The van der Waals surface area contributed by atoms with Gasteiger partial charge in [0.2, 0.25) is 5.89 Å². The Morgan fingerprint density at radius 3 is 2.67 bits per heavy atom. The molecule has 0 amide bonds. The number of benzene rings is 3. The van der Waals surface area contributed by atoms with Gasteiger partial charge in [-0.15, -0.1) is 0 Å². The summed E-state index contributed by atoms with van der Waals surface area (Å²) in [6, 6.07) is 21.4. The highest BCUT2D eigenvalue weighted by atomic mass is 16.5. The van der Waals surface area contributed by atoms with Gasteiger partial charge < -0.3 is 14.3 Å². The lowest BCUT2D eigenvalue weighted by Crippen LogP contribution is -2.04. The second kappa shape index (κ2) is 10.3. The SMILES string of the molecule is Cc1oc(-c2ccc(-c3cccc(NO)c3)cc2)nc1CCOc1ccc2c(c1)CC[C@H]2CC(=O)O. The van der Waals surface area contributed by atoms with E-state index in [0.29, 0.717) is 24.6 Å². The normalized spacial score (nSPS) is 14.4. The average Bonchev–Trinajstić information content (AvgIpc) is 3.46. The van der Waals surface area contributed by atoms with Crippen molar-refractivity contribution in [3.63, 3.8) is 0 Å². The minimum atomic E-state index is -0.753. The Labute approximate surface area is 209 Å². The van der Waals surface area contributed by atoms with Crippen LogP contribution in [-0.2, 0) is 17.6 Å². The Morgan fingerprint density at radius 1 is 1.08 bits per heavy atom. The Hall–Kier alpha value is -4.10. The molecule has 7 heteroatoms. The molecule has 0 unspecified atom stereocenters. The van der Waals surface area contributed by atoms with E-state index in [-0.39, 0.29) is 12.3 Å². The van der Waals surface area contributed by atoms with Crippen LogP contribution in [0.1, 0.15) is 41.3 Å². The first-order valence-corrected chi connectivity index (χ1v) is 12.0. The van der Waals surface area contributed by atoms with Crippen molar-refractivity contribution in [1.29, 1.82) is 0 Å². The zero-order valence-electron chi connectivity index (χ0n) is 20.0. The van der Waals surface area contributed by atoms with Crippen molar-refractivity contribution in [1.82, 2.24) is 4.98 Å². The van der Waals surface area contributed by atoms with Gasteiger partial charge >= 0.3 is 5.97 Å². The summed E-state index contributed by atoms with van der Waals surface area (Å²) in [5, 5.41) is 18.2. The molecule has 1 heterocycles. The third-order valence-corrected chi connectivity index (χ3v) is 6.69. The topological polar surface area (TPSA) is 105 Å². The Kier molecular flexibility index (Phi) is 6.73. The van der Waals surface area contributed by atoms with Crippen molar-refractivity contribution in [3.05, 3.63) is 89.3 Å². The highest BCUT2D eigenvalue weighted by molar-refractivity contribution is 5.70. The van der Waals surface area contributed by atoms with Crippen molar-refractivity contribution in [2.75, 3.05) is 12.1 Å². The maximum absolute atomic E-state index is 11.1. The number of rotatable bonds is 9. The third-order valence-electron chi connectivity index (χ3n) is 6.69. The van der Waals surface area contributed by atoms with E-state index >= 15 is 0 Å². The van der Waals surface area contributed by atoms with Gasteiger partial charge in [-0.3, -0.25) is 15.5 Å². The molecule has 7 nitrogen and oxygen atoms in total. The molecule has 1 aliphatic rings. The molecule has 1 aliphatic carbocycles. The van der Waals surface area contributed by atoms with Crippen LogP contribution >= 0.6 is 0 Å². The summed E-state index contributed by atoms with van der Waals surface area (Å²) in [6.45, 7) is 2.38. The lowest BCUT2D eigenvalue weighted by atomic mass is 9.98. The first-order chi connectivity index (χ1) is 17.5. The minimum absolute atomic E-state index is 0.0968. The van der Waals surface area contributed by atoms with E-state index in [1.54, 1.807) is 6.07 Å². The molecule has 0 spiro atoms. The number of nitrogens with one attached hydrogen (secondary N) is 1. The van der Waals surface area contributed by atoms with Crippen LogP contribution in [0.15, 0.2) is 71.1 Å². The second-order valence-corrected chi connectivity index (χ2v) is 9.08. The number of carboxylic acid groups (broad SMARTS) is 1. The van der Waals surface area contributed by atoms with Crippen molar-refractivity contribution in [3.8, 4) is 28.3 Å². The average molecular weight is 485 g/mol. The number of aromatic nitrogens is 1. The molecule has 3 aromatic carbocycles. The number of carboxylic acids is 1.